The maximum Gasteiger partial charge on any atom is 0.242 e. The van der Waals surface area contributed by atoms with E-state index in [1.807, 2.05) is 0 Å². The first-order chi connectivity index (χ1) is 14.7. The van der Waals surface area contributed by atoms with E-state index in [4.69, 9.17) is 13.6 Å². The van der Waals surface area contributed by atoms with Crippen LogP contribution in [0.2, 0.25) is 58.9 Å². The lowest BCUT2D eigenvalue weighted by Gasteiger charge is -2.60. The van der Waals surface area contributed by atoms with Crippen molar-refractivity contribution >= 4 is 24.9 Å². The summed E-state index contributed by atoms with van der Waals surface area (Å²) in [5, 5.41) is 0. The first-order valence-electron chi connectivity index (χ1n) is 12.4. The second kappa shape index (κ2) is 7.07. The van der Waals surface area contributed by atoms with Crippen LogP contribution in [0.1, 0.15) is 17.5 Å². The van der Waals surface area contributed by atoms with Gasteiger partial charge in [0.1, 0.15) is 26.2 Å². The Bertz CT molecular complexity index is 959. The molecule has 2 bridgehead atoms. The van der Waals surface area contributed by atoms with Crippen molar-refractivity contribution in [1.82, 2.24) is 4.57 Å². The van der Waals surface area contributed by atoms with Crippen LogP contribution in [0.3, 0.4) is 0 Å². The molecule has 2 aliphatic carbocycles. The third kappa shape index (κ3) is 3.50. The molecule has 5 unspecified atom stereocenters. The quantitative estimate of drug-likeness (QED) is 0.390. The van der Waals surface area contributed by atoms with Crippen LogP contribution in [-0.4, -0.2) is 54.2 Å². The molecule has 4 aliphatic rings. The lowest BCUT2D eigenvalue weighted by Crippen LogP contribution is -2.69. The summed E-state index contributed by atoms with van der Waals surface area (Å²) in [5.74, 6) is 2.49. The van der Waals surface area contributed by atoms with Crippen molar-refractivity contribution in [3.05, 3.63) is 35.4 Å². The Labute approximate surface area is 197 Å². The third-order valence-corrected chi connectivity index (χ3v) is 11.7. The van der Waals surface area contributed by atoms with Crippen LogP contribution in [-0.2, 0) is 16.3 Å². The molecule has 1 aromatic rings. The van der Waals surface area contributed by atoms with Gasteiger partial charge in [-0.15, -0.1) is 0 Å². The van der Waals surface area contributed by atoms with E-state index in [9.17, 15) is 0 Å². The minimum Gasteiger partial charge on any atom is -0.542 e. The lowest BCUT2D eigenvalue weighted by atomic mass is 9.53. The smallest absolute Gasteiger partial charge is 0.242 e. The monoisotopic (exact) mass is 487 g/mol. The molecule has 4 nitrogen and oxygen atoms in total. The Morgan fingerprint density at radius 3 is 2.31 bits per heavy atom. The summed E-state index contributed by atoms with van der Waals surface area (Å²) >= 11 is 0. The summed E-state index contributed by atoms with van der Waals surface area (Å²) in [6, 6.07) is 5.11. The van der Waals surface area contributed by atoms with Gasteiger partial charge in [-0.25, -0.2) is 0 Å². The SMILES string of the molecule is C[Si](C)(C)Oc1ccc2c3c1OC1C(O[Si](C)(C)C)C=CC4C(C2)N([Si](C)(C)C)CCC341. The number of rotatable bonds is 5. The summed E-state index contributed by atoms with van der Waals surface area (Å²) in [6.07, 6.45) is 7.21. The number of hydrogen-bond donors (Lipinski definition) is 0. The number of ether oxygens (including phenoxy) is 1. The van der Waals surface area contributed by atoms with E-state index in [-0.39, 0.29) is 17.6 Å². The largest absolute Gasteiger partial charge is 0.542 e. The maximum absolute atomic E-state index is 6.97. The van der Waals surface area contributed by atoms with Gasteiger partial charge in [0, 0.05) is 22.9 Å². The molecule has 0 radical (unpaired) electrons. The first kappa shape index (κ1) is 22.9. The zero-order valence-corrected chi connectivity index (χ0v) is 24.4. The Morgan fingerprint density at radius 1 is 0.969 bits per heavy atom. The molecule has 2 heterocycles. The molecule has 5 atom stereocenters. The summed E-state index contributed by atoms with van der Waals surface area (Å²) in [5.41, 5.74) is 2.96. The Morgan fingerprint density at radius 2 is 1.69 bits per heavy atom. The molecular weight excluding hydrogens is 447 g/mol. The van der Waals surface area contributed by atoms with Crippen molar-refractivity contribution in [3.8, 4) is 11.5 Å². The molecule has 0 saturated carbocycles. The van der Waals surface area contributed by atoms with E-state index in [2.05, 4.69) is 87.8 Å². The topological polar surface area (TPSA) is 30.9 Å². The van der Waals surface area contributed by atoms with Crippen LogP contribution in [0.15, 0.2) is 24.3 Å². The Kier molecular flexibility index (Phi) is 5.06. The molecule has 1 fully saturated rings. The van der Waals surface area contributed by atoms with Gasteiger partial charge in [-0.1, -0.05) is 37.9 Å². The first-order valence-corrected chi connectivity index (χ1v) is 22.6. The van der Waals surface area contributed by atoms with Crippen LogP contribution >= 0.6 is 0 Å². The number of hydrogen-bond acceptors (Lipinski definition) is 4. The van der Waals surface area contributed by atoms with Crippen LogP contribution in [0.25, 0.3) is 0 Å². The summed E-state index contributed by atoms with van der Waals surface area (Å²) in [6.45, 7) is 22.3. The van der Waals surface area contributed by atoms with E-state index in [0.717, 1.165) is 24.3 Å². The second-order valence-electron chi connectivity index (χ2n) is 13.2. The molecule has 0 aromatic heterocycles. The fraction of sp³-hybridized carbons (Fsp3) is 0.680. The molecule has 1 saturated heterocycles. The van der Waals surface area contributed by atoms with Gasteiger partial charge in [-0.3, -0.25) is 0 Å². The average Bonchev–Trinajstić information content (AvgIpc) is 2.96. The highest BCUT2D eigenvalue weighted by Crippen LogP contribution is 2.63. The Hall–Kier alpha value is -0.869. The van der Waals surface area contributed by atoms with Gasteiger partial charge < -0.3 is 18.2 Å². The molecule has 7 heteroatoms. The summed E-state index contributed by atoms with van der Waals surface area (Å²) in [7, 11) is -4.90. The van der Waals surface area contributed by atoms with Gasteiger partial charge in [0.15, 0.2) is 14.1 Å². The van der Waals surface area contributed by atoms with Gasteiger partial charge in [-0.2, -0.15) is 0 Å². The van der Waals surface area contributed by atoms with Gasteiger partial charge in [0.25, 0.3) is 0 Å². The zero-order valence-electron chi connectivity index (χ0n) is 21.4. The van der Waals surface area contributed by atoms with E-state index in [1.54, 1.807) is 0 Å². The van der Waals surface area contributed by atoms with Crippen LogP contribution in [0, 0.1) is 5.92 Å². The van der Waals surface area contributed by atoms with E-state index in [0.29, 0.717) is 12.0 Å². The fourth-order valence-corrected chi connectivity index (χ4v) is 10.6. The normalized spacial score (nSPS) is 33.7. The van der Waals surface area contributed by atoms with Crippen LogP contribution in [0.4, 0.5) is 0 Å². The maximum atomic E-state index is 6.97. The average molecular weight is 488 g/mol. The van der Waals surface area contributed by atoms with Crippen LogP contribution in [0.5, 0.6) is 11.5 Å². The highest BCUT2D eigenvalue weighted by molar-refractivity contribution is 6.73. The lowest BCUT2D eigenvalue weighted by molar-refractivity contribution is -0.0297. The molecule has 176 valence electrons. The fourth-order valence-electron chi connectivity index (χ4n) is 6.78. The number of benzene rings is 1. The second-order valence-corrected chi connectivity index (χ2v) is 27.0. The van der Waals surface area contributed by atoms with Gasteiger partial charge in [0.05, 0.1) is 0 Å². The number of nitrogens with zero attached hydrogens (tertiary/aromatic N) is 1. The predicted octanol–water partition coefficient (Wildman–Crippen LogP) is 5.77. The Balaban J connectivity index is 1.68. The molecule has 1 aromatic carbocycles. The predicted molar refractivity (Wildman–Crippen MR) is 140 cm³/mol. The highest BCUT2D eigenvalue weighted by atomic mass is 28.4. The molecule has 5 rings (SSSR count). The molecule has 32 heavy (non-hydrogen) atoms. The van der Waals surface area contributed by atoms with E-state index >= 15 is 0 Å². The number of piperidine rings is 1. The van der Waals surface area contributed by atoms with Crippen molar-refractivity contribution in [3.63, 3.8) is 0 Å². The standard InChI is InChI=1S/C25H41NO3Si3/c1-30(2,3)26-15-14-25-18-11-13-21(29-32(7,8)9)24(25)27-23-20(28-31(4,5)6)12-10-17(22(23)25)16-19(18)26/h10-13,18-19,21,24H,14-16H2,1-9H3. The van der Waals surface area contributed by atoms with Gasteiger partial charge in [-0.05, 0) is 70.3 Å². The van der Waals surface area contributed by atoms with Crippen molar-refractivity contribution in [2.45, 2.75) is 95.4 Å². The van der Waals surface area contributed by atoms with Crippen molar-refractivity contribution in [2.24, 2.45) is 5.92 Å². The van der Waals surface area contributed by atoms with Gasteiger partial charge in [0.2, 0.25) is 8.32 Å². The van der Waals surface area contributed by atoms with Crippen molar-refractivity contribution in [1.29, 1.82) is 0 Å². The molecule has 2 aliphatic heterocycles. The highest BCUT2D eigenvalue weighted by Gasteiger charge is 2.65. The minimum absolute atomic E-state index is 0.0155. The van der Waals surface area contributed by atoms with Crippen molar-refractivity contribution in [2.75, 3.05) is 6.54 Å². The minimum atomic E-state index is -1.75. The van der Waals surface area contributed by atoms with Crippen molar-refractivity contribution < 1.29 is 13.6 Å². The van der Waals surface area contributed by atoms with Crippen LogP contribution < -0.4 is 9.16 Å². The molecule has 0 amide bonds. The molecular formula is C25H41NO3Si3. The molecule has 1 spiro atoms. The third-order valence-electron chi connectivity index (χ3n) is 7.60. The summed E-state index contributed by atoms with van der Waals surface area (Å²) in [4.78, 5) is 0. The van der Waals surface area contributed by atoms with Gasteiger partial charge >= 0.3 is 0 Å². The summed E-state index contributed by atoms with van der Waals surface area (Å²) < 4.78 is 23.2. The molecule has 0 N–H and O–H groups in total. The zero-order chi connectivity index (χ0) is 23.3. The van der Waals surface area contributed by atoms with E-state index in [1.165, 1.54) is 17.7 Å². The van der Waals surface area contributed by atoms with E-state index < -0.39 is 24.9 Å².